The van der Waals surface area contributed by atoms with Gasteiger partial charge in [0, 0.05) is 33.0 Å². The van der Waals surface area contributed by atoms with E-state index in [1.165, 1.54) is 0 Å². The minimum Gasteiger partial charge on any atom is -0.396 e. The molecule has 0 aromatic heterocycles. The average Bonchev–Trinajstić information content (AvgIpc) is 2.86. The average molecular weight is 644 g/mol. The highest BCUT2D eigenvalue weighted by Gasteiger charge is 2.39. The van der Waals surface area contributed by atoms with Crippen LogP contribution in [0.2, 0.25) is 0 Å². The van der Waals surface area contributed by atoms with Crippen molar-refractivity contribution in [2.75, 3.05) is 66.6 Å². The van der Waals surface area contributed by atoms with E-state index in [0.717, 1.165) is 71.1 Å². The Morgan fingerprint density at radius 3 is 1.71 bits per heavy atom. The van der Waals surface area contributed by atoms with E-state index in [0.29, 0.717) is 33.2 Å². The molecular formula is C38H77NO6. The van der Waals surface area contributed by atoms with Crippen LogP contribution in [-0.2, 0) is 23.7 Å². The monoisotopic (exact) mass is 644 g/mol. The summed E-state index contributed by atoms with van der Waals surface area (Å²) >= 11 is 0. The Balaban J connectivity index is 2.71. The van der Waals surface area contributed by atoms with E-state index in [4.69, 9.17) is 23.7 Å². The van der Waals surface area contributed by atoms with E-state index in [1.807, 2.05) is 0 Å². The molecule has 0 aliphatic carbocycles. The van der Waals surface area contributed by atoms with Gasteiger partial charge in [0.15, 0.2) is 0 Å². The third-order valence-corrected chi connectivity index (χ3v) is 9.50. The number of hydrogen-bond acceptors (Lipinski definition) is 7. The van der Waals surface area contributed by atoms with Crippen molar-refractivity contribution in [3.05, 3.63) is 0 Å². The molecule has 0 bridgehead atoms. The zero-order chi connectivity index (χ0) is 34.6. The lowest BCUT2D eigenvalue weighted by atomic mass is 9.67. The van der Waals surface area contributed by atoms with Gasteiger partial charge in [-0.15, -0.1) is 0 Å². The van der Waals surface area contributed by atoms with Crippen molar-refractivity contribution in [3.63, 3.8) is 0 Å². The molecule has 1 rings (SSSR count). The SMILES string of the molecule is CCN(C)COC(C)(C)CC(C)(C)CC(C)(C)CC(C)(C)OCCC(C)(C)OCC1(C)CCOCCCOCCC(C)(CO)C1. The van der Waals surface area contributed by atoms with E-state index in [9.17, 15) is 5.11 Å². The highest BCUT2D eigenvalue weighted by molar-refractivity contribution is 4.89. The van der Waals surface area contributed by atoms with Crippen LogP contribution in [0.5, 0.6) is 0 Å². The van der Waals surface area contributed by atoms with Gasteiger partial charge < -0.3 is 28.8 Å². The number of aliphatic hydroxyl groups excluding tert-OH is 1. The molecule has 0 amide bonds. The van der Waals surface area contributed by atoms with Crippen LogP contribution in [0.1, 0.15) is 141 Å². The standard InChI is InChI=1S/C38H77NO6/c1-15-39(14)31-45-36(10,11)27-33(4,5)25-32(2,3)26-35(8,9)43-24-17-34(6,7)44-30-38(13)19-23-42-21-16-20-41-22-18-37(12,28-38)29-40/h40H,15-31H2,1-14H3. The third kappa shape index (κ3) is 18.7. The Kier molecular flexibility index (Phi) is 17.0. The summed E-state index contributed by atoms with van der Waals surface area (Å²) in [4.78, 5) is 2.20. The fourth-order valence-electron chi connectivity index (χ4n) is 7.79. The van der Waals surface area contributed by atoms with Crippen molar-refractivity contribution >= 4 is 0 Å². The summed E-state index contributed by atoms with van der Waals surface area (Å²) in [5, 5.41) is 10.3. The van der Waals surface area contributed by atoms with Crippen LogP contribution in [0.4, 0.5) is 0 Å². The lowest BCUT2D eigenvalue weighted by molar-refractivity contribution is -0.114. The maximum absolute atomic E-state index is 10.3. The molecule has 45 heavy (non-hydrogen) atoms. The summed E-state index contributed by atoms with van der Waals surface area (Å²) in [5.74, 6) is 0. The van der Waals surface area contributed by atoms with Crippen molar-refractivity contribution < 1.29 is 28.8 Å². The highest BCUT2D eigenvalue weighted by Crippen LogP contribution is 2.45. The second-order valence-corrected chi connectivity index (χ2v) is 18.5. The van der Waals surface area contributed by atoms with Gasteiger partial charge in [0.25, 0.3) is 0 Å². The molecule has 2 unspecified atom stereocenters. The van der Waals surface area contributed by atoms with Gasteiger partial charge in [-0.1, -0.05) is 48.5 Å². The van der Waals surface area contributed by atoms with Crippen LogP contribution in [-0.4, -0.2) is 93.4 Å². The molecule has 270 valence electrons. The summed E-state index contributed by atoms with van der Waals surface area (Å²) in [5.41, 5.74) is -0.795. The van der Waals surface area contributed by atoms with E-state index >= 15 is 0 Å². The number of hydrogen-bond donors (Lipinski definition) is 1. The molecule has 2 atom stereocenters. The van der Waals surface area contributed by atoms with Crippen molar-refractivity contribution in [3.8, 4) is 0 Å². The largest absolute Gasteiger partial charge is 0.396 e. The number of aliphatic hydroxyl groups is 1. The highest BCUT2D eigenvalue weighted by atomic mass is 16.5. The molecule has 1 aliphatic heterocycles. The molecule has 1 aliphatic rings. The lowest BCUT2D eigenvalue weighted by Gasteiger charge is -2.43. The van der Waals surface area contributed by atoms with Crippen molar-refractivity contribution in [1.82, 2.24) is 4.90 Å². The van der Waals surface area contributed by atoms with E-state index in [-0.39, 0.29) is 45.1 Å². The molecule has 0 aromatic carbocycles. The zero-order valence-corrected chi connectivity index (χ0v) is 32.5. The number of ether oxygens (including phenoxy) is 5. The zero-order valence-electron chi connectivity index (χ0n) is 32.5. The molecule has 1 fully saturated rings. The maximum atomic E-state index is 10.3. The van der Waals surface area contributed by atoms with Gasteiger partial charge in [-0.3, -0.25) is 4.90 Å². The molecular weight excluding hydrogens is 566 g/mol. The second-order valence-electron chi connectivity index (χ2n) is 18.5. The number of nitrogens with zero attached hydrogens (tertiary/aromatic N) is 1. The molecule has 7 heteroatoms. The van der Waals surface area contributed by atoms with E-state index in [1.54, 1.807) is 0 Å². The van der Waals surface area contributed by atoms with Gasteiger partial charge in [-0.05, 0) is 128 Å². The van der Waals surface area contributed by atoms with Crippen LogP contribution in [0, 0.1) is 21.7 Å². The van der Waals surface area contributed by atoms with Gasteiger partial charge >= 0.3 is 0 Å². The lowest BCUT2D eigenvalue weighted by Crippen LogP contribution is -2.40. The Hall–Kier alpha value is -0.280. The summed E-state index contributed by atoms with van der Waals surface area (Å²) < 4.78 is 31.3. The summed E-state index contributed by atoms with van der Waals surface area (Å²) in [6.07, 6.45) is 7.43. The van der Waals surface area contributed by atoms with Gasteiger partial charge in [-0.2, -0.15) is 0 Å². The molecule has 7 nitrogen and oxygen atoms in total. The van der Waals surface area contributed by atoms with Crippen molar-refractivity contribution in [1.29, 1.82) is 0 Å². The van der Waals surface area contributed by atoms with Gasteiger partial charge in [0.05, 0.1) is 36.7 Å². The Morgan fingerprint density at radius 1 is 0.689 bits per heavy atom. The van der Waals surface area contributed by atoms with Gasteiger partial charge in [0.2, 0.25) is 0 Å². The maximum Gasteiger partial charge on any atom is 0.0994 e. The first-order valence-corrected chi connectivity index (χ1v) is 17.8. The first-order valence-electron chi connectivity index (χ1n) is 17.8. The Morgan fingerprint density at radius 2 is 1.20 bits per heavy atom. The van der Waals surface area contributed by atoms with Crippen LogP contribution >= 0.6 is 0 Å². The predicted molar refractivity (Wildman–Crippen MR) is 188 cm³/mol. The minimum absolute atomic E-state index is 0.101. The summed E-state index contributed by atoms with van der Waals surface area (Å²) in [6, 6.07) is 0. The van der Waals surface area contributed by atoms with E-state index in [2.05, 4.69) is 102 Å². The fraction of sp³-hybridized carbons (Fsp3) is 1.00. The van der Waals surface area contributed by atoms with Gasteiger partial charge in [-0.25, -0.2) is 0 Å². The molecule has 0 aromatic rings. The van der Waals surface area contributed by atoms with Crippen molar-refractivity contribution in [2.45, 2.75) is 158 Å². The molecule has 0 radical (unpaired) electrons. The quantitative estimate of drug-likeness (QED) is 0.150. The number of rotatable bonds is 18. The smallest absolute Gasteiger partial charge is 0.0994 e. The minimum atomic E-state index is -0.322. The first kappa shape index (κ1) is 42.7. The molecule has 1 saturated heterocycles. The second kappa shape index (κ2) is 17.9. The van der Waals surface area contributed by atoms with Crippen LogP contribution in [0.15, 0.2) is 0 Å². The van der Waals surface area contributed by atoms with Crippen LogP contribution < -0.4 is 0 Å². The first-order chi connectivity index (χ1) is 20.5. The Labute approximate surface area is 279 Å². The fourth-order valence-corrected chi connectivity index (χ4v) is 7.79. The normalized spacial score (nSPS) is 24.0. The Bertz CT molecular complexity index is 825. The summed E-state index contributed by atoms with van der Waals surface area (Å²) in [7, 11) is 2.10. The van der Waals surface area contributed by atoms with Gasteiger partial charge in [0.1, 0.15) is 0 Å². The predicted octanol–water partition coefficient (Wildman–Crippen LogP) is 8.51. The van der Waals surface area contributed by atoms with Crippen LogP contribution in [0.3, 0.4) is 0 Å². The third-order valence-electron chi connectivity index (χ3n) is 9.50. The van der Waals surface area contributed by atoms with Crippen molar-refractivity contribution in [2.24, 2.45) is 21.7 Å². The molecule has 0 spiro atoms. The molecule has 0 saturated carbocycles. The topological polar surface area (TPSA) is 69.6 Å². The summed E-state index contributed by atoms with van der Waals surface area (Å²) in [6.45, 7) is 35.3. The van der Waals surface area contributed by atoms with E-state index < -0.39 is 0 Å². The molecule has 1 N–H and O–H groups in total. The van der Waals surface area contributed by atoms with Crippen LogP contribution in [0.25, 0.3) is 0 Å². The molecule has 1 heterocycles.